The number of benzene rings is 2. The van der Waals surface area contributed by atoms with Crippen LogP contribution in [0.15, 0.2) is 36.4 Å². The maximum absolute atomic E-state index is 14.1. The third kappa shape index (κ3) is 3.16. The molecule has 0 atom stereocenters. The van der Waals surface area contributed by atoms with Crippen LogP contribution >= 0.6 is 0 Å². The van der Waals surface area contributed by atoms with Gasteiger partial charge in [0.1, 0.15) is 11.5 Å². The Labute approximate surface area is 139 Å². The zero-order valence-electron chi connectivity index (χ0n) is 13.4. The molecular weight excluding hydrogens is 311 g/mol. The van der Waals surface area contributed by atoms with E-state index in [1.165, 1.54) is 12.1 Å². The smallest absolute Gasteiger partial charge is 0.293 e. The Morgan fingerprint density at radius 1 is 1.12 bits per heavy atom. The number of nitro benzene ring substituents is 1. The molecule has 0 aromatic heterocycles. The van der Waals surface area contributed by atoms with Gasteiger partial charge in [0.25, 0.3) is 5.69 Å². The number of piperazine rings is 1. The fourth-order valence-corrected chi connectivity index (χ4v) is 2.92. The number of halogens is 1. The Bertz CT molecular complexity index is 773. The highest BCUT2D eigenvalue weighted by molar-refractivity contribution is 5.75. The molecule has 0 radical (unpaired) electrons. The average Bonchev–Trinajstić information content (AvgIpc) is 2.55. The Kier molecular flexibility index (Phi) is 4.35. The number of likely N-dealkylation sites (N-methyl/N-ethyl adjacent to an activating group) is 1. The van der Waals surface area contributed by atoms with E-state index in [1.54, 1.807) is 24.3 Å². The normalized spacial score (nSPS) is 15.5. The minimum atomic E-state index is -0.489. The van der Waals surface area contributed by atoms with Crippen LogP contribution in [-0.4, -0.2) is 43.0 Å². The number of hydrogen-bond donors (Lipinski definition) is 1. The van der Waals surface area contributed by atoms with Crippen LogP contribution in [0.3, 0.4) is 0 Å². The van der Waals surface area contributed by atoms with Gasteiger partial charge < -0.3 is 15.5 Å². The quantitative estimate of drug-likeness (QED) is 0.532. The predicted octanol–water partition coefficient (Wildman–Crippen LogP) is 2.73. The molecule has 126 valence electrons. The first-order chi connectivity index (χ1) is 11.5. The van der Waals surface area contributed by atoms with Crippen LogP contribution in [0.1, 0.15) is 0 Å². The molecule has 0 amide bonds. The Morgan fingerprint density at radius 3 is 2.46 bits per heavy atom. The summed E-state index contributed by atoms with van der Waals surface area (Å²) >= 11 is 0. The molecule has 6 nitrogen and oxygen atoms in total. The molecule has 0 aliphatic carbocycles. The first-order valence-corrected chi connectivity index (χ1v) is 7.73. The van der Waals surface area contributed by atoms with Crippen molar-refractivity contribution in [3.63, 3.8) is 0 Å². The molecular formula is C17H19FN4O2. The number of rotatable bonds is 3. The molecule has 0 bridgehead atoms. The van der Waals surface area contributed by atoms with Crippen LogP contribution in [0.4, 0.5) is 21.5 Å². The van der Waals surface area contributed by atoms with Gasteiger partial charge in [-0.1, -0.05) is 6.07 Å². The molecule has 7 heteroatoms. The number of nitrogen functional groups attached to an aromatic ring is 1. The zero-order valence-corrected chi connectivity index (χ0v) is 13.4. The highest BCUT2D eigenvalue weighted by atomic mass is 19.1. The summed E-state index contributed by atoms with van der Waals surface area (Å²) < 4.78 is 14.1. The number of nitro groups is 1. The van der Waals surface area contributed by atoms with E-state index in [1.807, 2.05) is 11.9 Å². The lowest BCUT2D eigenvalue weighted by molar-refractivity contribution is -0.384. The van der Waals surface area contributed by atoms with Gasteiger partial charge in [0.15, 0.2) is 0 Å². The summed E-state index contributed by atoms with van der Waals surface area (Å²) in [6, 6.07) is 9.19. The van der Waals surface area contributed by atoms with E-state index in [9.17, 15) is 14.5 Å². The Balaban J connectivity index is 2.00. The SMILES string of the molecule is CN1CCN(c2ccc(-c3ccc(N)cc3F)cc2[N+](=O)[O-])CC1. The van der Waals surface area contributed by atoms with E-state index in [-0.39, 0.29) is 5.69 Å². The second-order valence-corrected chi connectivity index (χ2v) is 5.99. The molecule has 1 aliphatic rings. The highest BCUT2D eigenvalue weighted by Gasteiger charge is 2.23. The van der Waals surface area contributed by atoms with Crippen molar-refractivity contribution in [1.29, 1.82) is 0 Å². The predicted molar refractivity (Wildman–Crippen MR) is 92.6 cm³/mol. The minimum Gasteiger partial charge on any atom is -0.399 e. The molecule has 24 heavy (non-hydrogen) atoms. The van der Waals surface area contributed by atoms with Gasteiger partial charge in [-0.2, -0.15) is 0 Å². The first-order valence-electron chi connectivity index (χ1n) is 7.73. The molecule has 2 aromatic rings. The third-order valence-electron chi connectivity index (χ3n) is 4.32. The summed E-state index contributed by atoms with van der Waals surface area (Å²) in [7, 11) is 2.03. The Hall–Kier alpha value is -2.67. The van der Waals surface area contributed by atoms with E-state index >= 15 is 0 Å². The molecule has 0 saturated carbocycles. The monoisotopic (exact) mass is 330 g/mol. The van der Waals surface area contributed by atoms with Gasteiger partial charge in [-0.15, -0.1) is 0 Å². The molecule has 0 spiro atoms. The molecule has 3 rings (SSSR count). The summed E-state index contributed by atoms with van der Waals surface area (Å²) in [6.45, 7) is 3.16. The molecule has 1 fully saturated rings. The average molecular weight is 330 g/mol. The van der Waals surface area contributed by atoms with Crippen molar-refractivity contribution in [1.82, 2.24) is 4.90 Å². The standard InChI is InChI=1S/C17H19FN4O2/c1-20-6-8-21(9-7-20)16-5-2-12(10-17(16)22(23)24)14-4-3-13(19)11-15(14)18/h2-5,10-11H,6-9,19H2,1H3. The largest absolute Gasteiger partial charge is 0.399 e. The van der Waals surface area contributed by atoms with E-state index in [0.717, 1.165) is 26.2 Å². The lowest BCUT2D eigenvalue weighted by Gasteiger charge is -2.33. The third-order valence-corrected chi connectivity index (χ3v) is 4.32. The van der Waals surface area contributed by atoms with Crippen molar-refractivity contribution in [2.75, 3.05) is 43.9 Å². The maximum atomic E-state index is 14.1. The summed E-state index contributed by atoms with van der Waals surface area (Å²) in [6.07, 6.45) is 0. The van der Waals surface area contributed by atoms with Crippen molar-refractivity contribution < 1.29 is 9.31 Å². The maximum Gasteiger partial charge on any atom is 0.293 e. The second kappa shape index (κ2) is 6.45. The summed E-state index contributed by atoms with van der Waals surface area (Å²) in [5.41, 5.74) is 7.22. The van der Waals surface area contributed by atoms with Crippen LogP contribution in [0.2, 0.25) is 0 Å². The topological polar surface area (TPSA) is 75.6 Å². The summed E-state index contributed by atoms with van der Waals surface area (Å²) in [5, 5.41) is 11.5. The fraction of sp³-hybridized carbons (Fsp3) is 0.294. The first kappa shape index (κ1) is 16.2. The van der Waals surface area contributed by atoms with Crippen molar-refractivity contribution in [2.24, 2.45) is 0 Å². The molecule has 1 aliphatic heterocycles. The van der Waals surface area contributed by atoms with Gasteiger partial charge in [-0.3, -0.25) is 10.1 Å². The molecule has 2 aromatic carbocycles. The van der Waals surface area contributed by atoms with Crippen molar-refractivity contribution in [3.05, 3.63) is 52.3 Å². The van der Waals surface area contributed by atoms with E-state index in [0.29, 0.717) is 22.5 Å². The van der Waals surface area contributed by atoms with Gasteiger partial charge >= 0.3 is 0 Å². The van der Waals surface area contributed by atoms with Crippen molar-refractivity contribution >= 4 is 17.1 Å². The number of nitrogens with two attached hydrogens (primary N) is 1. The fourth-order valence-electron chi connectivity index (χ4n) is 2.92. The zero-order chi connectivity index (χ0) is 17.3. The van der Waals surface area contributed by atoms with Gasteiger partial charge in [-0.25, -0.2) is 4.39 Å². The minimum absolute atomic E-state index is 0.00622. The lowest BCUT2D eigenvalue weighted by atomic mass is 10.0. The summed E-state index contributed by atoms with van der Waals surface area (Å²) in [4.78, 5) is 15.3. The van der Waals surface area contributed by atoms with Crippen molar-refractivity contribution in [3.8, 4) is 11.1 Å². The van der Waals surface area contributed by atoms with Crippen LogP contribution < -0.4 is 10.6 Å². The van der Waals surface area contributed by atoms with Crippen molar-refractivity contribution in [2.45, 2.75) is 0 Å². The molecule has 1 saturated heterocycles. The number of nitrogens with zero attached hydrogens (tertiary/aromatic N) is 3. The molecule has 0 unspecified atom stereocenters. The van der Waals surface area contributed by atoms with E-state index in [4.69, 9.17) is 5.73 Å². The van der Waals surface area contributed by atoms with E-state index in [2.05, 4.69) is 4.90 Å². The lowest BCUT2D eigenvalue weighted by Crippen LogP contribution is -2.44. The van der Waals surface area contributed by atoms with Gasteiger partial charge in [0.2, 0.25) is 0 Å². The van der Waals surface area contributed by atoms with Gasteiger partial charge in [0, 0.05) is 43.5 Å². The van der Waals surface area contributed by atoms with Crippen LogP contribution in [-0.2, 0) is 0 Å². The second-order valence-electron chi connectivity index (χ2n) is 5.99. The van der Waals surface area contributed by atoms with Gasteiger partial charge in [-0.05, 0) is 36.9 Å². The van der Waals surface area contributed by atoms with Gasteiger partial charge in [0.05, 0.1) is 4.92 Å². The van der Waals surface area contributed by atoms with Crippen LogP contribution in [0, 0.1) is 15.9 Å². The number of hydrogen-bond acceptors (Lipinski definition) is 5. The summed E-state index contributed by atoms with van der Waals surface area (Å²) in [5.74, 6) is -0.489. The molecule has 1 heterocycles. The van der Waals surface area contributed by atoms with Crippen LogP contribution in [0.25, 0.3) is 11.1 Å². The molecule has 2 N–H and O–H groups in total. The Morgan fingerprint density at radius 2 is 1.83 bits per heavy atom. The number of anilines is 2. The van der Waals surface area contributed by atoms with E-state index < -0.39 is 10.7 Å². The highest BCUT2D eigenvalue weighted by Crippen LogP contribution is 2.34. The van der Waals surface area contributed by atoms with Crippen LogP contribution in [0.5, 0.6) is 0 Å².